The van der Waals surface area contributed by atoms with Gasteiger partial charge >= 0.3 is 5.97 Å². The first-order valence-corrected chi connectivity index (χ1v) is 8.44. The van der Waals surface area contributed by atoms with Crippen molar-refractivity contribution in [3.63, 3.8) is 0 Å². The van der Waals surface area contributed by atoms with Crippen molar-refractivity contribution < 1.29 is 23.1 Å². The number of nitrogens with one attached hydrogen (secondary N) is 1. The van der Waals surface area contributed by atoms with Gasteiger partial charge in [0, 0.05) is 16.5 Å². The van der Waals surface area contributed by atoms with Crippen molar-refractivity contribution in [2.45, 2.75) is 23.5 Å². The van der Waals surface area contributed by atoms with E-state index in [1.165, 1.54) is 13.2 Å². The molecule has 0 aliphatic carbocycles. The minimum atomic E-state index is -0.891. The van der Waals surface area contributed by atoms with Crippen LogP contribution in [-0.4, -0.2) is 24.2 Å². The van der Waals surface area contributed by atoms with Crippen LogP contribution >= 0.6 is 11.8 Å². The van der Waals surface area contributed by atoms with E-state index in [-0.39, 0.29) is 10.6 Å². The lowest BCUT2D eigenvalue weighted by Gasteiger charge is -2.14. The van der Waals surface area contributed by atoms with Crippen LogP contribution in [0.3, 0.4) is 0 Å². The van der Waals surface area contributed by atoms with Crippen molar-refractivity contribution in [2.75, 3.05) is 12.4 Å². The largest absolute Gasteiger partial charge is 0.468 e. The molecule has 0 bridgehead atoms. The van der Waals surface area contributed by atoms with Gasteiger partial charge in [-0.1, -0.05) is 25.1 Å². The SMILES string of the molecule is CCC(Sc1cc(NC(=O)c2ccccc2)c(F)cc1F)C(=O)OC. The first-order chi connectivity index (χ1) is 12.0. The summed E-state index contributed by atoms with van der Waals surface area (Å²) in [6, 6.07) is 10.1. The molecule has 2 aromatic rings. The Morgan fingerprint density at radius 2 is 1.84 bits per heavy atom. The molecule has 7 heteroatoms. The zero-order valence-corrected chi connectivity index (χ0v) is 14.5. The number of hydrogen-bond donors (Lipinski definition) is 1. The lowest BCUT2D eigenvalue weighted by molar-refractivity contribution is -0.140. The molecule has 0 saturated heterocycles. The number of anilines is 1. The Labute approximate surface area is 148 Å². The summed E-state index contributed by atoms with van der Waals surface area (Å²) in [5.41, 5.74) is 0.193. The summed E-state index contributed by atoms with van der Waals surface area (Å²) in [6.45, 7) is 1.76. The molecule has 1 atom stereocenters. The predicted octanol–water partition coefficient (Wildman–Crippen LogP) is 4.26. The second-order valence-corrected chi connectivity index (χ2v) is 6.37. The number of thioether (sulfide) groups is 1. The van der Waals surface area contributed by atoms with E-state index in [1.54, 1.807) is 37.3 Å². The Kier molecular flexibility index (Phi) is 6.52. The molecule has 1 unspecified atom stereocenters. The van der Waals surface area contributed by atoms with Crippen LogP contribution in [0.1, 0.15) is 23.7 Å². The van der Waals surface area contributed by atoms with Crippen LogP contribution in [0, 0.1) is 11.6 Å². The summed E-state index contributed by atoms with van der Waals surface area (Å²) in [6.07, 6.45) is 0.417. The number of rotatable bonds is 6. The molecule has 0 aliphatic heterocycles. The van der Waals surface area contributed by atoms with Crippen molar-refractivity contribution in [1.29, 1.82) is 0 Å². The first kappa shape index (κ1) is 18.9. The quantitative estimate of drug-likeness (QED) is 0.614. The molecule has 2 rings (SSSR count). The van der Waals surface area contributed by atoms with Crippen LogP contribution in [0.25, 0.3) is 0 Å². The molecule has 4 nitrogen and oxygen atoms in total. The number of ether oxygens (including phenoxy) is 1. The number of carbonyl (C=O) groups excluding carboxylic acids is 2. The molecule has 0 spiro atoms. The second-order valence-electron chi connectivity index (χ2n) is 5.12. The number of hydrogen-bond acceptors (Lipinski definition) is 4. The highest BCUT2D eigenvalue weighted by Gasteiger charge is 2.22. The predicted molar refractivity (Wildman–Crippen MR) is 92.7 cm³/mol. The van der Waals surface area contributed by atoms with E-state index >= 15 is 0 Å². The van der Waals surface area contributed by atoms with Gasteiger partial charge in [-0.2, -0.15) is 0 Å². The monoisotopic (exact) mass is 365 g/mol. The van der Waals surface area contributed by atoms with E-state index in [0.29, 0.717) is 18.1 Å². The van der Waals surface area contributed by atoms with Gasteiger partial charge < -0.3 is 10.1 Å². The van der Waals surface area contributed by atoms with Gasteiger partial charge in [0.15, 0.2) is 0 Å². The maximum absolute atomic E-state index is 14.0. The van der Waals surface area contributed by atoms with Crippen LogP contribution in [0.15, 0.2) is 47.4 Å². The van der Waals surface area contributed by atoms with Gasteiger partial charge in [-0.3, -0.25) is 9.59 Å². The number of halogens is 2. The Morgan fingerprint density at radius 1 is 1.16 bits per heavy atom. The molecule has 2 aromatic carbocycles. The fraction of sp³-hybridized carbons (Fsp3) is 0.222. The molecule has 0 aliphatic rings. The van der Waals surface area contributed by atoms with E-state index < -0.39 is 28.8 Å². The van der Waals surface area contributed by atoms with Gasteiger partial charge in [0.05, 0.1) is 12.8 Å². The van der Waals surface area contributed by atoms with E-state index in [9.17, 15) is 18.4 Å². The first-order valence-electron chi connectivity index (χ1n) is 7.56. The molecule has 0 heterocycles. The highest BCUT2D eigenvalue weighted by Crippen LogP contribution is 2.32. The highest BCUT2D eigenvalue weighted by molar-refractivity contribution is 8.00. The van der Waals surface area contributed by atoms with Gasteiger partial charge in [-0.05, 0) is 24.6 Å². The van der Waals surface area contributed by atoms with Crippen molar-refractivity contribution in [2.24, 2.45) is 0 Å². The number of methoxy groups -OCH3 is 1. The van der Waals surface area contributed by atoms with Crippen molar-refractivity contribution >= 4 is 29.3 Å². The maximum atomic E-state index is 14.0. The molecular weight excluding hydrogens is 348 g/mol. The van der Waals surface area contributed by atoms with Crippen molar-refractivity contribution in [3.8, 4) is 0 Å². The number of benzene rings is 2. The third kappa shape index (κ3) is 4.79. The zero-order valence-electron chi connectivity index (χ0n) is 13.7. The third-order valence-electron chi connectivity index (χ3n) is 3.41. The zero-order chi connectivity index (χ0) is 18.4. The third-order valence-corrected chi connectivity index (χ3v) is 4.79. The van der Waals surface area contributed by atoms with E-state index in [2.05, 4.69) is 10.1 Å². The molecule has 0 radical (unpaired) electrons. The Hall–Kier alpha value is -2.41. The van der Waals surface area contributed by atoms with Crippen molar-refractivity contribution in [3.05, 3.63) is 59.7 Å². The Balaban J connectivity index is 2.25. The fourth-order valence-electron chi connectivity index (χ4n) is 2.08. The summed E-state index contributed by atoms with van der Waals surface area (Å²) < 4.78 is 32.7. The topological polar surface area (TPSA) is 55.4 Å². The Morgan fingerprint density at radius 3 is 2.44 bits per heavy atom. The highest BCUT2D eigenvalue weighted by atomic mass is 32.2. The van der Waals surface area contributed by atoms with E-state index in [0.717, 1.165) is 11.8 Å². The van der Waals surface area contributed by atoms with Crippen LogP contribution < -0.4 is 5.32 Å². The molecule has 132 valence electrons. The lowest BCUT2D eigenvalue weighted by atomic mass is 10.2. The minimum Gasteiger partial charge on any atom is -0.468 e. The molecule has 1 N–H and O–H groups in total. The number of esters is 1. The summed E-state index contributed by atoms with van der Waals surface area (Å²) in [7, 11) is 1.25. The molecular formula is C18H17F2NO3S. The number of carbonyl (C=O) groups is 2. The normalized spacial score (nSPS) is 11.7. The van der Waals surface area contributed by atoms with Crippen LogP contribution in [0.2, 0.25) is 0 Å². The molecule has 0 saturated carbocycles. The van der Waals surface area contributed by atoms with E-state index in [1.807, 2.05) is 0 Å². The Bertz CT molecular complexity index is 768. The van der Waals surface area contributed by atoms with Gasteiger partial charge in [-0.25, -0.2) is 8.78 Å². The fourth-order valence-corrected chi connectivity index (χ4v) is 3.11. The van der Waals surface area contributed by atoms with E-state index in [4.69, 9.17) is 0 Å². The lowest BCUT2D eigenvalue weighted by Crippen LogP contribution is -2.18. The van der Waals surface area contributed by atoms with Gasteiger partial charge in [0.2, 0.25) is 0 Å². The standard InChI is InChI=1S/C18H17F2NO3S/c1-3-15(18(23)24-2)25-16-10-14(12(19)9-13(16)20)21-17(22)11-7-5-4-6-8-11/h4-10,15H,3H2,1-2H3,(H,21,22). The molecule has 0 fully saturated rings. The molecule has 0 aromatic heterocycles. The summed E-state index contributed by atoms with van der Waals surface area (Å²) >= 11 is 0.926. The molecule has 25 heavy (non-hydrogen) atoms. The second kappa shape index (κ2) is 8.62. The number of amides is 1. The maximum Gasteiger partial charge on any atom is 0.319 e. The summed E-state index contributed by atoms with van der Waals surface area (Å²) in [5, 5.41) is 1.80. The van der Waals surface area contributed by atoms with Crippen LogP contribution in [0.5, 0.6) is 0 Å². The molecule has 1 amide bonds. The minimum absolute atomic E-state index is 0.0574. The smallest absolute Gasteiger partial charge is 0.319 e. The average molecular weight is 365 g/mol. The average Bonchev–Trinajstić information content (AvgIpc) is 2.63. The summed E-state index contributed by atoms with van der Waals surface area (Å²) in [4.78, 5) is 23.9. The van der Waals surface area contributed by atoms with Crippen molar-refractivity contribution in [1.82, 2.24) is 0 Å². The van der Waals surface area contributed by atoms with Crippen LogP contribution in [-0.2, 0) is 9.53 Å². The summed E-state index contributed by atoms with van der Waals surface area (Å²) in [5.74, 6) is -2.70. The van der Waals surface area contributed by atoms with Gasteiger partial charge in [0.1, 0.15) is 16.9 Å². The van der Waals surface area contributed by atoms with Gasteiger partial charge in [0.25, 0.3) is 5.91 Å². The van der Waals surface area contributed by atoms with Crippen LogP contribution in [0.4, 0.5) is 14.5 Å². The van der Waals surface area contributed by atoms with Gasteiger partial charge in [-0.15, -0.1) is 11.8 Å².